The van der Waals surface area contributed by atoms with Gasteiger partial charge >= 0.3 is 0 Å². The van der Waals surface area contributed by atoms with Gasteiger partial charge in [-0.3, -0.25) is 4.79 Å². The molecule has 1 atom stereocenters. The molecule has 1 aromatic carbocycles. The Morgan fingerprint density at radius 3 is 2.89 bits per heavy atom. The molecule has 1 aliphatic rings. The third kappa shape index (κ3) is 5.42. The minimum atomic E-state index is -0.455. The summed E-state index contributed by atoms with van der Waals surface area (Å²) in [6.07, 6.45) is 3.58. The summed E-state index contributed by atoms with van der Waals surface area (Å²) in [6, 6.07) is 11.4. The minimum Gasteiger partial charge on any atom is -0.481 e. The molecule has 150 valence electrons. The first kappa shape index (κ1) is 20.1. The highest BCUT2D eigenvalue weighted by molar-refractivity contribution is 5.82. The number of aromatic nitrogens is 1. The summed E-state index contributed by atoms with van der Waals surface area (Å²) in [5, 5.41) is 8.99. The number of pyridine rings is 1. The fraction of sp³-hybridized carbons (Fsp3) is 0.429. The molecule has 28 heavy (non-hydrogen) atoms. The van der Waals surface area contributed by atoms with Crippen LogP contribution >= 0.6 is 0 Å². The molecule has 2 aromatic rings. The zero-order chi connectivity index (χ0) is 19.8. The van der Waals surface area contributed by atoms with Gasteiger partial charge in [-0.1, -0.05) is 30.3 Å². The normalized spacial score (nSPS) is 16.0. The molecule has 1 fully saturated rings. The van der Waals surface area contributed by atoms with Crippen LogP contribution < -0.4 is 20.7 Å². The van der Waals surface area contributed by atoms with E-state index in [2.05, 4.69) is 33.1 Å². The number of rotatable bonds is 9. The van der Waals surface area contributed by atoms with E-state index < -0.39 is 5.82 Å². The Hall–Kier alpha value is -2.67. The number of ether oxygens (including phenoxy) is 1. The molecule has 2 heterocycles. The molecule has 1 aromatic heterocycles. The number of hydrogen-bond acceptors (Lipinski definition) is 5. The Balaban J connectivity index is 1.53. The molecule has 0 saturated carbocycles. The maximum absolute atomic E-state index is 14.4. The number of methoxy groups -OCH3 is 1. The van der Waals surface area contributed by atoms with E-state index in [-0.39, 0.29) is 24.3 Å². The Bertz CT molecular complexity index is 779. The van der Waals surface area contributed by atoms with Crippen molar-refractivity contribution in [1.29, 1.82) is 0 Å². The van der Waals surface area contributed by atoms with Gasteiger partial charge in [-0.2, -0.15) is 4.98 Å². The van der Waals surface area contributed by atoms with Crippen LogP contribution in [0.5, 0.6) is 5.88 Å². The lowest BCUT2D eigenvalue weighted by molar-refractivity contribution is -0.122. The number of carbonyl (C=O) groups excluding carboxylic acids is 1. The van der Waals surface area contributed by atoms with Gasteiger partial charge < -0.3 is 20.7 Å². The Morgan fingerprint density at radius 2 is 2.18 bits per heavy atom. The molecule has 1 aliphatic heterocycles. The van der Waals surface area contributed by atoms with E-state index in [0.717, 1.165) is 32.2 Å². The van der Waals surface area contributed by atoms with Crippen molar-refractivity contribution in [2.24, 2.45) is 0 Å². The molecule has 7 heteroatoms. The summed E-state index contributed by atoms with van der Waals surface area (Å²) in [6.45, 7) is 1.63. The average molecular weight is 386 g/mol. The van der Waals surface area contributed by atoms with Crippen LogP contribution in [0.3, 0.4) is 0 Å². The summed E-state index contributed by atoms with van der Waals surface area (Å²) in [5.74, 6) is -0.0593. The molecule has 0 aliphatic carbocycles. The van der Waals surface area contributed by atoms with E-state index in [9.17, 15) is 9.18 Å². The zero-order valence-electron chi connectivity index (χ0n) is 16.1. The van der Waals surface area contributed by atoms with Crippen LogP contribution in [0.4, 0.5) is 10.2 Å². The van der Waals surface area contributed by atoms with E-state index in [0.29, 0.717) is 18.0 Å². The molecular weight excluding hydrogens is 359 g/mol. The quantitative estimate of drug-likeness (QED) is 0.578. The third-order valence-corrected chi connectivity index (χ3v) is 4.82. The molecule has 1 unspecified atom stereocenters. The highest BCUT2D eigenvalue weighted by Crippen LogP contribution is 2.22. The monoisotopic (exact) mass is 386 g/mol. The van der Waals surface area contributed by atoms with Gasteiger partial charge in [0.15, 0.2) is 11.6 Å². The lowest BCUT2D eigenvalue weighted by Crippen LogP contribution is -2.40. The summed E-state index contributed by atoms with van der Waals surface area (Å²) in [7, 11) is 1.49. The number of hydrogen-bond donors (Lipinski definition) is 3. The van der Waals surface area contributed by atoms with Crippen molar-refractivity contribution < 1.29 is 13.9 Å². The number of amides is 1. The molecule has 0 radical (unpaired) electrons. The van der Waals surface area contributed by atoms with Crippen LogP contribution in [-0.4, -0.2) is 37.1 Å². The molecule has 3 N–H and O–H groups in total. The highest BCUT2D eigenvalue weighted by Gasteiger charge is 2.22. The second kappa shape index (κ2) is 10.0. The predicted molar refractivity (Wildman–Crippen MR) is 107 cm³/mol. The van der Waals surface area contributed by atoms with Gasteiger partial charge in [-0.05, 0) is 43.9 Å². The van der Waals surface area contributed by atoms with Crippen molar-refractivity contribution in [3.8, 4) is 5.88 Å². The van der Waals surface area contributed by atoms with Gasteiger partial charge in [0.05, 0.1) is 13.2 Å². The van der Waals surface area contributed by atoms with Gasteiger partial charge in [0.25, 0.3) is 0 Å². The number of nitrogens with zero attached hydrogens (tertiary/aromatic N) is 1. The molecule has 6 nitrogen and oxygen atoms in total. The summed E-state index contributed by atoms with van der Waals surface area (Å²) in [4.78, 5) is 16.4. The van der Waals surface area contributed by atoms with Crippen molar-refractivity contribution in [2.45, 2.75) is 38.3 Å². The second-order valence-corrected chi connectivity index (χ2v) is 6.87. The summed E-state index contributed by atoms with van der Waals surface area (Å²) >= 11 is 0. The largest absolute Gasteiger partial charge is 0.481 e. The summed E-state index contributed by atoms with van der Waals surface area (Å²) < 4.78 is 19.7. The fourth-order valence-electron chi connectivity index (χ4n) is 3.30. The maximum Gasteiger partial charge on any atom is 0.237 e. The predicted octanol–water partition coefficient (Wildman–Crippen LogP) is 2.64. The highest BCUT2D eigenvalue weighted by atomic mass is 19.1. The second-order valence-electron chi connectivity index (χ2n) is 6.87. The molecule has 0 spiro atoms. The number of nitrogens with one attached hydrogen (secondary N) is 3. The lowest BCUT2D eigenvalue weighted by atomic mass is 10.1. The molecule has 3 rings (SSSR count). The van der Waals surface area contributed by atoms with Crippen molar-refractivity contribution in [3.63, 3.8) is 0 Å². The fourth-order valence-corrected chi connectivity index (χ4v) is 3.30. The number of aryl methyl sites for hydroxylation is 1. The Morgan fingerprint density at radius 1 is 1.36 bits per heavy atom. The molecular formula is C21H27FN4O2. The van der Waals surface area contributed by atoms with Crippen LogP contribution in [0, 0.1) is 5.82 Å². The number of benzene rings is 1. The van der Waals surface area contributed by atoms with Crippen LogP contribution in [0.1, 0.15) is 30.4 Å². The average Bonchev–Trinajstić information content (AvgIpc) is 3.26. The number of halogens is 1. The van der Waals surface area contributed by atoms with Gasteiger partial charge in [0.1, 0.15) is 0 Å². The van der Waals surface area contributed by atoms with Crippen LogP contribution in [0.15, 0.2) is 36.4 Å². The first-order valence-electron chi connectivity index (χ1n) is 9.69. The smallest absolute Gasteiger partial charge is 0.237 e. The van der Waals surface area contributed by atoms with Gasteiger partial charge in [0.2, 0.25) is 11.8 Å². The van der Waals surface area contributed by atoms with Crippen molar-refractivity contribution in [1.82, 2.24) is 15.6 Å². The molecule has 1 amide bonds. The SMILES string of the molecule is COc1nc(NCCCc2ccccc2)c(F)cc1CNC(=O)C1CCCN1. The number of anilines is 1. The van der Waals surface area contributed by atoms with Crippen molar-refractivity contribution >= 4 is 11.7 Å². The van der Waals surface area contributed by atoms with Crippen LogP contribution in [0.2, 0.25) is 0 Å². The Labute approximate surface area is 164 Å². The number of carbonyl (C=O) groups is 1. The molecule has 0 bridgehead atoms. The Kier molecular flexibility index (Phi) is 7.19. The van der Waals surface area contributed by atoms with Crippen molar-refractivity contribution in [2.75, 3.05) is 25.5 Å². The maximum atomic E-state index is 14.4. The first-order valence-corrected chi connectivity index (χ1v) is 9.69. The van der Waals surface area contributed by atoms with E-state index >= 15 is 0 Å². The van der Waals surface area contributed by atoms with E-state index in [1.807, 2.05) is 18.2 Å². The topological polar surface area (TPSA) is 75.3 Å². The third-order valence-electron chi connectivity index (χ3n) is 4.82. The zero-order valence-corrected chi connectivity index (χ0v) is 16.1. The minimum absolute atomic E-state index is 0.0805. The molecule has 1 saturated heterocycles. The van der Waals surface area contributed by atoms with E-state index in [1.54, 1.807) is 0 Å². The standard InChI is InChI=1S/C21H27FN4O2/c1-28-21-16(14-25-20(27)18-10-6-11-23-18)13-17(22)19(26-21)24-12-5-9-15-7-3-2-4-8-15/h2-4,7-8,13,18,23H,5-6,9-12,14H2,1H3,(H,24,26)(H,25,27). The van der Waals surface area contributed by atoms with Gasteiger partial charge in [-0.25, -0.2) is 4.39 Å². The summed E-state index contributed by atoms with van der Waals surface area (Å²) in [5.41, 5.74) is 1.76. The van der Waals surface area contributed by atoms with Crippen LogP contribution in [-0.2, 0) is 17.8 Å². The van der Waals surface area contributed by atoms with Gasteiger partial charge in [-0.15, -0.1) is 0 Å². The van der Waals surface area contributed by atoms with E-state index in [1.165, 1.54) is 18.7 Å². The van der Waals surface area contributed by atoms with E-state index in [4.69, 9.17) is 4.74 Å². The van der Waals surface area contributed by atoms with Gasteiger partial charge in [0, 0.05) is 18.7 Å². The van der Waals surface area contributed by atoms with Crippen LogP contribution in [0.25, 0.3) is 0 Å². The van der Waals surface area contributed by atoms with Crippen molar-refractivity contribution in [3.05, 3.63) is 53.3 Å². The first-order chi connectivity index (χ1) is 13.7. The lowest BCUT2D eigenvalue weighted by Gasteiger charge is -2.14.